The maximum Gasteiger partial charge on any atom is 0.297 e. The third-order valence-electron chi connectivity index (χ3n) is 1.64. The first-order chi connectivity index (χ1) is 6.88. The number of carbonyl (C=O) groups is 1. The van der Waals surface area contributed by atoms with E-state index in [1.807, 2.05) is 18.5 Å². The molecule has 0 atom stereocenters. The van der Waals surface area contributed by atoms with Crippen molar-refractivity contribution >= 4 is 11.8 Å². The highest BCUT2D eigenvalue weighted by molar-refractivity contribution is 5.60. The van der Waals surface area contributed by atoms with Gasteiger partial charge in [0.15, 0.2) is 0 Å². The standard InChI is InChI=1S/C7H11N3O.C2H4O2/c1-5-9-7(8)6(4-11)3-10(5)2;1-2(3)4/h3,8,11H,4H2,1-2H3;1H3,(H,3,4). The highest BCUT2D eigenvalue weighted by atomic mass is 16.4. The van der Waals surface area contributed by atoms with Crippen LogP contribution >= 0.6 is 0 Å². The summed E-state index contributed by atoms with van der Waals surface area (Å²) in [6, 6.07) is 0. The van der Waals surface area contributed by atoms with Gasteiger partial charge in [-0.25, -0.2) is 4.57 Å². The Morgan fingerprint density at radius 2 is 2.20 bits per heavy atom. The third-order valence-corrected chi connectivity index (χ3v) is 1.64. The maximum atomic E-state index is 8.89. The van der Waals surface area contributed by atoms with Crippen LogP contribution in [0.3, 0.4) is 0 Å². The van der Waals surface area contributed by atoms with E-state index in [1.165, 1.54) is 0 Å². The van der Waals surface area contributed by atoms with E-state index in [0.717, 1.165) is 12.7 Å². The molecule has 6 nitrogen and oxygen atoms in total. The zero-order valence-electron chi connectivity index (χ0n) is 9.02. The van der Waals surface area contributed by atoms with Crippen molar-refractivity contribution in [2.75, 3.05) is 5.73 Å². The van der Waals surface area contributed by atoms with E-state index in [4.69, 9.17) is 20.7 Å². The van der Waals surface area contributed by atoms with Gasteiger partial charge in [-0.2, -0.15) is 0 Å². The molecule has 0 aromatic carbocycles. The van der Waals surface area contributed by atoms with Crippen molar-refractivity contribution in [3.8, 4) is 0 Å². The lowest BCUT2D eigenvalue weighted by Crippen LogP contribution is -2.34. The van der Waals surface area contributed by atoms with E-state index >= 15 is 0 Å². The maximum absolute atomic E-state index is 8.89. The molecule has 6 heteroatoms. The minimum absolute atomic E-state index is 0.0625. The number of carbonyl (C=O) groups excluding carboxylic acids is 1. The number of anilines is 1. The number of nitrogen functional groups attached to an aromatic ring is 1. The second kappa shape index (κ2) is 5.92. The number of nitrogens with zero attached hydrogens (tertiary/aromatic N) is 2. The van der Waals surface area contributed by atoms with Gasteiger partial charge in [-0.05, 0) is 11.9 Å². The van der Waals surface area contributed by atoms with Crippen LogP contribution in [-0.4, -0.2) is 16.1 Å². The summed E-state index contributed by atoms with van der Waals surface area (Å²) in [5, 5.41) is 17.7. The van der Waals surface area contributed by atoms with E-state index < -0.39 is 5.97 Å². The average Bonchev–Trinajstić information content (AvgIpc) is 2.10. The van der Waals surface area contributed by atoms with Gasteiger partial charge >= 0.3 is 0 Å². The minimum Gasteiger partial charge on any atom is -0.550 e. The van der Waals surface area contributed by atoms with Crippen LogP contribution in [0.5, 0.6) is 0 Å². The van der Waals surface area contributed by atoms with Crippen molar-refractivity contribution in [2.45, 2.75) is 20.5 Å². The first-order valence-electron chi connectivity index (χ1n) is 4.28. The molecule has 0 aliphatic rings. The van der Waals surface area contributed by atoms with Crippen LogP contribution in [0.4, 0.5) is 5.82 Å². The van der Waals surface area contributed by atoms with Crippen molar-refractivity contribution in [2.24, 2.45) is 7.05 Å². The molecule has 0 aliphatic carbocycles. The summed E-state index contributed by atoms with van der Waals surface area (Å²) >= 11 is 0. The Morgan fingerprint density at radius 1 is 1.73 bits per heavy atom. The summed E-state index contributed by atoms with van der Waals surface area (Å²) in [4.78, 5) is 12.9. The van der Waals surface area contributed by atoms with Crippen LogP contribution in [0.15, 0.2) is 6.20 Å². The fourth-order valence-electron chi connectivity index (χ4n) is 0.840. The molecule has 0 unspecified atom stereocenters. The molecule has 1 rings (SSSR count). The number of aromatic nitrogens is 2. The molecule has 0 aliphatic heterocycles. The molecule has 1 heterocycles. The molecule has 0 bridgehead atoms. The highest BCUT2D eigenvalue weighted by Gasteiger charge is 2.10. The number of aliphatic hydroxyl groups is 1. The zero-order chi connectivity index (χ0) is 12.0. The lowest BCUT2D eigenvalue weighted by molar-refractivity contribution is -0.681. The minimum atomic E-state index is -1.08. The first-order valence-corrected chi connectivity index (χ1v) is 4.28. The number of aliphatic hydroxyl groups excluding tert-OH is 1. The SMILES string of the molecule is CC(=O)[O-].Cc1nc(N)c(CO)c[n+]1C. The molecule has 0 saturated heterocycles. The van der Waals surface area contributed by atoms with Crippen LogP contribution in [-0.2, 0) is 18.4 Å². The van der Waals surface area contributed by atoms with Crippen LogP contribution in [0.2, 0.25) is 0 Å². The monoisotopic (exact) mass is 213 g/mol. The average molecular weight is 213 g/mol. The Hall–Kier alpha value is -1.69. The molecule has 0 fully saturated rings. The topological polar surface area (TPSA) is 103 Å². The Balaban J connectivity index is 0.000000423. The van der Waals surface area contributed by atoms with Gasteiger partial charge < -0.3 is 20.7 Å². The number of rotatable bonds is 1. The van der Waals surface area contributed by atoms with Gasteiger partial charge in [-0.3, -0.25) is 0 Å². The summed E-state index contributed by atoms with van der Waals surface area (Å²) in [5.74, 6) is 0.155. The molecule has 0 spiro atoms. The second-order valence-electron chi connectivity index (χ2n) is 2.96. The quantitative estimate of drug-likeness (QED) is 0.527. The van der Waals surface area contributed by atoms with Gasteiger partial charge in [0.2, 0.25) is 5.82 Å². The number of carboxylic acids is 1. The largest absolute Gasteiger partial charge is 0.550 e. The number of nitrogens with two attached hydrogens (primary N) is 1. The van der Waals surface area contributed by atoms with Crippen molar-refractivity contribution in [1.82, 2.24) is 4.98 Å². The predicted molar refractivity (Wildman–Crippen MR) is 51.2 cm³/mol. The van der Waals surface area contributed by atoms with Crippen LogP contribution in [0.1, 0.15) is 18.3 Å². The third kappa shape index (κ3) is 4.92. The van der Waals surface area contributed by atoms with E-state index in [-0.39, 0.29) is 6.61 Å². The smallest absolute Gasteiger partial charge is 0.297 e. The molecule has 84 valence electrons. The van der Waals surface area contributed by atoms with Gasteiger partial charge in [0, 0.05) is 12.9 Å². The molecule has 15 heavy (non-hydrogen) atoms. The number of aliphatic carboxylic acids is 1. The summed E-state index contributed by atoms with van der Waals surface area (Å²) in [6.07, 6.45) is 1.78. The van der Waals surface area contributed by atoms with Crippen molar-refractivity contribution in [1.29, 1.82) is 0 Å². The number of hydrogen-bond donors (Lipinski definition) is 2. The molecule has 1 aromatic heterocycles. The van der Waals surface area contributed by atoms with E-state index in [9.17, 15) is 0 Å². The lowest BCUT2D eigenvalue weighted by Gasteiger charge is -1.98. The lowest BCUT2D eigenvalue weighted by atomic mass is 10.3. The molecule has 0 saturated carbocycles. The summed E-state index contributed by atoms with van der Waals surface area (Å²) in [7, 11) is 1.86. The summed E-state index contributed by atoms with van der Waals surface area (Å²) in [6.45, 7) is 2.77. The summed E-state index contributed by atoms with van der Waals surface area (Å²) in [5.41, 5.74) is 6.18. The fourth-order valence-corrected chi connectivity index (χ4v) is 0.840. The van der Waals surface area contributed by atoms with Crippen molar-refractivity contribution < 1.29 is 19.6 Å². The highest BCUT2D eigenvalue weighted by Crippen LogP contribution is 2.04. The molecule has 0 amide bonds. The molecular formula is C9H15N3O3. The van der Waals surface area contributed by atoms with Crippen molar-refractivity contribution in [3.05, 3.63) is 17.6 Å². The first kappa shape index (κ1) is 13.3. The fraction of sp³-hybridized carbons (Fsp3) is 0.444. The number of aryl methyl sites for hydroxylation is 2. The van der Waals surface area contributed by atoms with Gasteiger partial charge in [-0.1, -0.05) is 0 Å². The Morgan fingerprint density at radius 3 is 2.60 bits per heavy atom. The van der Waals surface area contributed by atoms with E-state index in [0.29, 0.717) is 11.4 Å². The van der Waals surface area contributed by atoms with Crippen LogP contribution in [0.25, 0.3) is 0 Å². The molecular weight excluding hydrogens is 198 g/mol. The van der Waals surface area contributed by atoms with Gasteiger partial charge in [-0.15, -0.1) is 0 Å². The van der Waals surface area contributed by atoms with Gasteiger partial charge in [0.25, 0.3) is 5.82 Å². The second-order valence-corrected chi connectivity index (χ2v) is 2.96. The van der Waals surface area contributed by atoms with E-state index in [2.05, 4.69) is 4.98 Å². The van der Waals surface area contributed by atoms with Crippen LogP contribution < -0.4 is 15.4 Å². The van der Waals surface area contributed by atoms with E-state index in [1.54, 1.807) is 6.20 Å². The number of hydrogen-bond acceptors (Lipinski definition) is 5. The zero-order valence-corrected chi connectivity index (χ0v) is 9.02. The Bertz CT molecular complexity index is 349. The normalized spacial score (nSPS) is 9.07. The molecule has 0 radical (unpaired) electrons. The Kier molecular flexibility index (Phi) is 5.25. The number of carboxylic acid groups (broad SMARTS) is 1. The van der Waals surface area contributed by atoms with Gasteiger partial charge in [0.05, 0.1) is 19.2 Å². The Labute approximate surface area is 88.0 Å². The van der Waals surface area contributed by atoms with Crippen LogP contribution in [0, 0.1) is 6.92 Å². The summed E-state index contributed by atoms with van der Waals surface area (Å²) < 4.78 is 1.82. The van der Waals surface area contributed by atoms with Crippen molar-refractivity contribution in [3.63, 3.8) is 0 Å². The predicted octanol–water partition coefficient (Wildman–Crippen LogP) is -1.95. The van der Waals surface area contributed by atoms with Gasteiger partial charge in [0.1, 0.15) is 6.20 Å². The molecule has 3 N–H and O–H groups in total. The molecule has 1 aromatic rings.